The molecule has 0 amide bonds. The third-order valence-electron chi connectivity index (χ3n) is 4.60. The highest BCUT2D eigenvalue weighted by molar-refractivity contribution is 5.75. The monoisotopic (exact) mass is 328 g/mol. The molecule has 2 atom stereocenters. The molecule has 0 heterocycles. The maximum atomic E-state index is 11.8. The van der Waals surface area contributed by atoms with Crippen LogP contribution in [-0.4, -0.2) is 32.4 Å². The van der Waals surface area contributed by atoms with Crippen molar-refractivity contribution in [3.8, 4) is 17.2 Å². The molecule has 1 N–H and O–H groups in total. The molecule has 0 saturated carbocycles. The molecular weight excluding hydrogens is 308 g/mol. The fourth-order valence-corrected chi connectivity index (χ4v) is 3.52. The second-order valence-electron chi connectivity index (χ2n) is 5.78. The van der Waals surface area contributed by atoms with Crippen LogP contribution in [0.4, 0.5) is 0 Å². The number of carboxylic acids is 1. The number of ether oxygens (including phenoxy) is 3. The standard InChI is InChI=1S/C19H20O5/c1-22-15-9-12(10-16(23-2)18(15)24-3)17-13-7-5-4-6-11(13)8-14(17)19(20)21/h4-7,9-10,14,17H,8H2,1-3H3,(H,20,21). The van der Waals surface area contributed by atoms with Crippen molar-refractivity contribution in [2.75, 3.05) is 21.3 Å². The van der Waals surface area contributed by atoms with Crippen molar-refractivity contribution < 1.29 is 24.1 Å². The Labute approximate surface area is 140 Å². The first-order valence-electron chi connectivity index (χ1n) is 7.71. The Balaban J connectivity index is 2.17. The van der Waals surface area contributed by atoms with Crippen molar-refractivity contribution in [2.24, 2.45) is 5.92 Å². The Bertz CT molecular complexity index is 743. The van der Waals surface area contributed by atoms with Crippen molar-refractivity contribution in [3.63, 3.8) is 0 Å². The molecule has 2 aromatic rings. The van der Waals surface area contributed by atoms with E-state index in [4.69, 9.17) is 14.2 Å². The van der Waals surface area contributed by atoms with E-state index in [0.717, 1.165) is 16.7 Å². The molecule has 2 aromatic carbocycles. The zero-order valence-corrected chi connectivity index (χ0v) is 13.9. The lowest BCUT2D eigenvalue weighted by atomic mass is 9.85. The normalized spacial score (nSPS) is 18.8. The number of rotatable bonds is 5. The van der Waals surface area contributed by atoms with Gasteiger partial charge in [0.15, 0.2) is 11.5 Å². The highest BCUT2D eigenvalue weighted by atomic mass is 16.5. The lowest BCUT2D eigenvalue weighted by Gasteiger charge is -2.21. The summed E-state index contributed by atoms with van der Waals surface area (Å²) in [6.07, 6.45) is 0.521. The van der Waals surface area contributed by atoms with E-state index in [-0.39, 0.29) is 5.92 Å². The van der Waals surface area contributed by atoms with E-state index in [0.29, 0.717) is 23.7 Å². The predicted octanol–water partition coefficient (Wildman–Crippen LogP) is 3.10. The minimum atomic E-state index is -0.801. The van der Waals surface area contributed by atoms with E-state index >= 15 is 0 Å². The first kappa shape index (κ1) is 16.2. The molecule has 5 heteroatoms. The van der Waals surface area contributed by atoms with Crippen LogP contribution >= 0.6 is 0 Å². The lowest BCUT2D eigenvalue weighted by Crippen LogP contribution is -2.19. The fourth-order valence-electron chi connectivity index (χ4n) is 3.52. The predicted molar refractivity (Wildman–Crippen MR) is 89.2 cm³/mol. The summed E-state index contributed by atoms with van der Waals surface area (Å²) in [4.78, 5) is 11.8. The topological polar surface area (TPSA) is 65.0 Å². The van der Waals surface area contributed by atoms with Crippen LogP contribution in [0, 0.1) is 5.92 Å². The maximum absolute atomic E-state index is 11.8. The van der Waals surface area contributed by atoms with E-state index < -0.39 is 11.9 Å². The summed E-state index contributed by atoms with van der Waals surface area (Å²) < 4.78 is 16.2. The van der Waals surface area contributed by atoms with Gasteiger partial charge in [0.05, 0.1) is 27.2 Å². The summed E-state index contributed by atoms with van der Waals surface area (Å²) in [6.45, 7) is 0. The van der Waals surface area contributed by atoms with Crippen LogP contribution in [0.5, 0.6) is 17.2 Å². The average Bonchev–Trinajstić information content (AvgIpc) is 3.00. The van der Waals surface area contributed by atoms with Crippen LogP contribution < -0.4 is 14.2 Å². The second kappa shape index (κ2) is 6.43. The Morgan fingerprint density at radius 1 is 1.04 bits per heavy atom. The lowest BCUT2D eigenvalue weighted by molar-refractivity contribution is -0.141. The number of methoxy groups -OCH3 is 3. The Hall–Kier alpha value is -2.69. The molecule has 2 unspecified atom stereocenters. The van der Waals surface area contributed by atoms with E-state index in [1.807, 2.05) is 36.4 Å². The first-order chi connectivity index (χ1) is 11.6. The van der Waals surface area contributed by atoms with Gasteiger partial charge < -0.3 is 19.3 Å². The second-order valence-corrected chi connectivity index (χ2v) is 5.78. The summed E-state index contributed by atoms with van der Waals surface area (Å²) >= 11 is 0. The van der Waals surface area contributed by atoms with Gasteiger partial charge in [0.2, 0.25) is 5.75 Å². The summed E-state index contributed by atoms with van der Waals surface area (Å²) in [7, 11) is 4.65. The minimum Gasteiger partial charge on any atom is -0.493 e. The zero-order valence-electron chi connectivity index (χ0n) is 13.9. The van der Waals surface area contributed by atoms with E-state index in [1.54, 1.807) is 21.3 Å². The van der Waals surface area contributed by atoms with E-state index in [1.165, 1.54) is 0 Å². The van der Waals surface area contributed by atoms with Crippen LogP contribution in [0.2, 0.25) is 0 Å². The van der Waals surface area contributed by atoms with E-state index in [9.17, 15) is 9.90 Å². The van der Waals surface area contributed by atoms with E-state index in [2.05, 4.69) is 0 Å². The molecule has 0 saturated heterocycles. The highest BCUT2D eigenvalue weighted by Crippen LogP contribution is 2.47. The van der Waals surface area contributed by atoms with Gasteiger partial charge in [-0.2, -0.15) is 0 Å². The van der Waals surface area contributed by atoms with Gasteiger partial charge >= 0.3 is 5.97 Å². The number of fused-ring (bicyclic) bond motifs is 1. The molecule has 0 radical (unpaired) electrons. The maximum Gasteiger partial charge on any atom is 0.307 e. The quantitative estimate of drug-likeness (QED) is 0.913. The van der Waals surface area contributed by atoms with Crippen LogP contribution in [0.1, 0.15) is 22.6 Å². The fraction of sp³-hybridized carbons (Fsp3) is 0.316. The van der Waals surface area contributed by atoms with Gasteiger partial charge in [-0.15, -0.1) is 0 Å². The van der Waals surface area contributed by atoms with Crippen molar-refractivity contribution in [2.45, 2.75) is 12.3 Å². The van der Waals surface area contributed by atoms with Gasteiger partial charge in [-0.25, -0.2) is 0 Å². The molecule has 3 rings (SSSR count). The van der Waals surface area contributed by atoms with Crippen molar-refractivity contribution in [3.05, 3.63) is 53.1 Å². The summed E-state index contributed by atoms with van der Waals surface area (Å²) in [5.41, 5.74) is 2.96. The SMILES string of the molecule is COc1cc(C2c3ccccc3CC2C(=O)O)cc(OC)c1OC. The molecule has 0 spiro atoms. The minimum absolute atomic E-state index is 0.243. The summed E-state index contributed by atoms with van der Waals surface area (Å²) in [6, 6.07) is 11.5. The first-order valence-corrected chi connectivity index (χ1v) is 7.71. The zero-order chi connectivity index (χ0) is 17.3. The molecular formula is C19H20O5. The van der Waals surface area contributed by atoms with Crippen LogP contribution in [0.25, 0.3) is 0 Å². The number of benzene rings is 2. The molecule has 0 aromatic heterocycles. The molecule has 5 nitrogen and oxygen atoms in total. The number of hydrogen-bond donors (Lipinski definition) is 1. The number of aliphatic carboxylic acids is 1. The summed E-state index contributed by atoms with van der Waals surface area (Å²) in [5, 5.41) is 9.68. The van der Waals surface area contributed by atoms with Crippen molar-refractivity contribution in [1.82, 2.24) is 0 Å². The van der Waals surface area contributed by atoms with Gasteiger partial charge in [-0.1, -0.05) is 24.3 Å². The van der Waals surface area contributed by atoms with Gasteiger partial charge in [0, 0.05) is 5.92 Å². The molecule has 0 fully saturated rings. The Kier molecular flexibility index (Phi) is 4.34. The van der Waals surface area contributed by atoms with Crippen LogP contribution in [0.3, 0.4) is 0 Å². The van der Waals surface area contributed by atoms with Gasteiger partial charge in [0.1, 0.15) is 0 Å². The van der Waals surface area contributed by atoms with Crippen LogP contribution in [-0.2, 0) is 11.2 Å². The molecule has 0 bridgehead atoms. The Morgan fingerprint density at radius 3 is 2.21 bits per heavy atom. The molecule has 1 aliphatic carbocycles. The third-order valence-corrected chi connectivity index (χ3v) is 4.60. The summed E-state index contributed by atoms with van der Waals surface area (Å²) in [5.74, 6) is 0.00483. The molecule has 126 valence electrons. The van der Waals surface area contributed by atoms with Gasteiger partial charge in [-0.05, 0) is 35.2 Å². The van der Waals surface area contributed by atoms with Crippen molar-refractivity contribution in [1.29, 1.82) is 0 Å². The largest absolute Gasteiger partial charge is 0.493 e. The number of carboxylic acid groups (broad SMARTS) is 1. The number of hydrogen-bond acceptors (Lipinski definition) is 4. The Morgan fingerprint density at radius 2 is 1.67 bits per heavy atom. The molecule has 1 aliphatic rings. The van der Waals surface area contributed by atoms with Gasteiger partial charge in [0.25, 0.3) is 0 Å². The van der Waals surface area contributed by atoms with Crippen LogP contribution in [0.15, 0.2) is 36.4 Å². The smallest absolute Gasteiger partial charge is 0.307 e. The third kappa shape index (κ3) is 2.56. The molecule has 24 heavy (non-hydrogen) atoms. The number of carbonyl (C=O) groups is 1. The average molecular weight is 328 g/mol. The highest BCUT2D eigenvalue weighted by Gasteiger charge is 2.38. The van der Waals surface area contributed by atoms with Crippen molar-refractivity contribution >= 4 is 5.97 Å². The molecule has 0 aliphatic heterocycles. The van der Waals surface area contributed by atoms with Gasteiger partial charge in [-0.3, -0.25) is 4.79 Å².